The largest absolute Gasteiger partial charge is 0.288 e. The maximum Gasteiger partial charge on any atom is 0.205 e. The van der Waals surface area contributed by atoms with Crippen LogP contribution in [0, 0.1) is 5.82 Å². The van der Waals surface area contributed by atoms with Crippen molar-refractivity contribution in [1.82, 2.24) is 9.78 Å². The van der Waals surface area contributed by atoms with Gasteiger partial charge in [-0.3, -0.25) is 9.48 Å². The number of carbonyl (C=O) groups is 1. The molecule has 0 aliphatic heterocycles. The van der Waals surface area contributed by atoms with Gasteiger partial charge in [0.2, 0.25) is 5.78 Å². The van der Waals surface area contributed by atoms with Crippen LogP contribution >= 0.6 is 27.5 Å². The van der Waals surface area contributed by atoms with E-state index < -0.39 is 5.82 Å². The summed E-state index contributed by atoms with van der Waals surface area (Å²) in [5.74, 6) is -0.758. The number of aromatic nitrogens is 2. The normalized spacial score (nSPS) is 11.2. The van der Waals surface area contributed by atoms with Gasteiger partial charge >= 0.3 is 0 Å². The summed E-state index contributed by atoms with van der Waals surface area (Å²) < 4.78 is 15.6. The first-order chi connectivity index (χ1) is 9.00. The van der Waals surface area contributed by atoms with Gasteiger partial charge in [0.15, 0.2) is 0 Å². The van der Waals surface area contributed by atoms with Crippen molar-refractivity contribution in [2.75, 3.05) is 0 Å². The second kappa shape index (κ2) is 5.67. The summed E-state index contributed by atoms with van der Waals surface area (Å²) in [6.07, 6.45) is 4.16. The minimum absolute atomic E-state index is 0.191. The van der Waals surface area contributed by atoms with Crippen LogP contribution in [0.2, 0.25) is 5.02 Å². The van der Waals surface area contributed by atoms with E-state index in [2.05, 4.69) is 21.0 Å². The number of ketones is 1. The molecule has 6 heteroatoms. The van der Waals surface area contributed by atoms with Crippen molar-refractivity contribution in [2.24, 2.45) is 7.05 Å². The van der Waals surface area contributed by atoms with E-state index in [-0.39, 0.29) is 16.4 Å². The van der Waals surface area contributed by atoms with Crippen molar-refractivity contribution in [1.29, 1.82) is 0 Å². The van der Waals surface area contributed by atoms with Crippen LogP contribution in [0.3, 0.4) is 0 Å². The molecule has 0 aliphatic rings. The Morgan fingerprint density at radius 1 is 1.53 bits per heavy atom. The number of rotatable bonds is 3. The minimum Gasteiger partial charge on any atom is -0.288 e. The van der Waals surface area contributed by atoms with Crippen molar-refractivity contribution < 1.29 is 9.18 Å². The number of nitrogens with zero attached hydrogens (tertiary/aromatic N) is 2. The minimum atomic E-state index is -0.472. The Labute approximate surface area is 122 Å². The van der Waals surface area contributed by atoms with Gasteiger partial charge in [-0.25, -0.2) is 4.39 Å². The van der Waals surface area contributed by atoms with E-state index in [0.717, 1.165) is 0 Å². The molecule has 3 nitrogen and oxygen atoms in total. The van der Waals surface area contributed by atoms with Crippen LogP contribution in [0.5, 0.6) is 0 Å². The second-order valence-electron chi connectivity index (χ2n) is 3.80. The van der Waals surface area contributed by atoms with E-state index >= 15 is 0 Å². The molecule has 2 aromatic rings. The first-order valence-electron chi connectivity index (χ1n) is 5.34. The van der Waals surface area contributed by atoms with Gasteiger partial charge in [-0.15, -0.1) is 0 Å². The van der Waals surface area contributed by atoms with Gasteiger partial charge in [0.25, 0.3) is 0 Å². The zero-order valence-electron chi connectivity index (χ0n) is 9.90. The number of aryl methyl sites for hydroxylation is 1. The quantitative estimate of drug-likeness (QED) is 0.626. The highest BCUT2D eigenvalue weighted by atomic mass is 79.9. The predicted molar refractivity (Wildman–Crippen MR) is 75.7 cm³/mol. The standard InChI is InChI=1S/C13H9BrClFN2O/c1-18-13(9(14)7-17-18)12(19)6-5-8-10(15)3-2-4-11(8)16/h2-7H,1H3. The molecule has 1 heterocycles. The summed E-state index contributed by atoms with van der Waals surface area (Å²) in [5.41, 5.74) is 0.583. The third kappa shape index (κ3) is 2.93. The number of hydrogen-bond donors (Lipinski definition) is 0. The van der Waals surface area contributed by atoms with E-state index in [1.54, 1.807) is 13.1 Å². The van der Waals surface area contributed by atoms with Crippen LogP contribution in [-0.2, 0) is 7.05 Å². The van der Waals surface area contributed by atoms with Gasteiger partial charge in [-0.05, 0) is 40.2 Å². The van der Waals surface area contributed by atoms with Crippen LogP contribution in [0.4, 0.5) is 4.39 Å². The van der Waals surface area contributed by atoms with E-state index in [9.17, 15) is 9.18 Å². The summed E-state index contributed by atoms with van der Waals surface area (Å²) in [5, 5.41) is 4.20. The average molecular weight is 344 g/mol. The molecule has 0 aliphatic carbocycles. The zero-order chi connectivity index (χ0) is 14.0. The highest BCUT2D eigenvalue weighted by molar-refractivity contribution is 9.10. The lowest BCUT2D eigenvalue weighted by Gasteiger charge is -2.00. The van der Waals surface area contributed by atoms with E-state index in [0.29, 0.717) is 10.2 Å². The SMILES string of the molecule is Cn1ncc(Br)c1C(=O)C=Cc1c(F)cccc1Cl. The molecular weight excluding hydrogens is 335 g/mol. The highest BCUT2D eigenvalue weighted by Crippen LogP contribution is 2.21. The van der Waals surface area contributed by atoms with Crippen molar-refractivity contribution in [3.63, 3.8) is 0 Å². The number of allylic oxidation sites excluding steroid dienone is 1. The molecule has 19 heavy (non-hydrogen) atoms. The molecule has 0 atom stereocenters. The van der Waals surface area contributed by atoms with Gasteiger partial charge in [0.05, 0.1) is 15.7 Å². The third-order valence-corrected chi connectivity index (χ3v) is 3.44. The number of hydrogen-bond acceptors (Lipinski definition) is 2. The van der Waals surface area contributed by atoms with Crippen molar-refractivity contribution in [2.45, 2.75) is 0 Å². The molecule has 1 aromatic carbocycles. The molecule has 0 amide bonds. The molecule has 1 aromatic heterocycles. The topological polar surface area (TPSA) is 34.9 Å². The molecule has 0 saturated heterocycles. The smallest absolute Gasteiger partial charge is 0.205 e. The second-order valence-corrected chi connectivity index (χ2v) is 5.06. The third-order valence-electron chi connectivity index (χ3n) is 2.53. The highest BCUT2D eigenvalue weighted by Gasteiger charge is 2.13. The van der Waals surface area contributed by atoms with Gasteiger partial charge in [0.1, 0.15) is 11.5 Å². The summed E-state index contributed by atoms with van der Waals surface area (Å²) in [4.78, 5) is 12.0. The molecule has 0 radical (unpaired) electrons. The Bertz CT molecular complexity index is 627. The van der Waals surface area contributed by atoms with E-state index in [4.69, 9.17) is 11.6 Å². The Hall–Kier alpha value is -1.46. The Morgan fingerprint density at radius 2 is 2.26 bits per heavy atom. The maximum absolute atomic E-state index is 13.5. The fourth-order valence-corrected chi connectivity index (χ4v) is 2.37. The first-order valence-corrected chi connectivity index (χ1v) is 6.51. The number of carbonyl (C=O) groups excluding carboxylic acids is 1. The van der Waals surface area contributed by atoms with Crippen LogP contribution < -0.4 is 0 Å². The molecule has 0 saturated carbocycles. The summed E-state index contributed by atoms with van der Waals surface area (Å²) >= 11 is 9.11. The van der Waals surface area contributed by atoms with Gasteiger partial charge < -0.3 is 0 Å². The monoisotopic (exact) mass is 342 g/mol. The fourth-order valence-electron chi connectivity index (χ4n) is 1.60. The fraction of sp³-hybridized carbons (Fsp3) is 0.0769. The van der Waals surface area contributed by atoms with Gasteiger partial charge in [-0.1, -0.05) is 17.7 Å². The zero-order valence-corrected chi connectivity index (χ0v) is 12.2. The Kier molecular flexibility index (Phi) is 4.17. The van der Waals surface area contributed by atoms with Crippen LogP contribution in [0.1, 0.15) is 16.1 Å². The van der Waals surface area contributed by atoms with Crippen molar-refractivity contribution >= 4 is 39.4 Å². The lowest BCUT2D eigenvalue weighted by Crippen LogP contribution is -2.04. The van der Waals surface area contributed by atoms with Crippen LogP contribution in [0.15, 0.2) is 34.9 Å². The molecule has 2 rings (SSSR count). The summed E-state index contributed by atoms with van der Waals surface area (Å²) in [6, 6.07) is 4.36. The number of benzene rings is 1. The molecule has 0 N–H and O–H groups in total. The predicted octanol–water partition coefficient (Wildman–Crippen LogP) is 3.87. The summed E-state index contributed by atoms with van der Waals surface area (Å²) in [7, 11) is 1.65. The Balaban J connectivity index is 2.31. The molecule has 0 fully saturated rings. The molecule has 98 valence electrons. The lowest BCUT2D eigenvalue weighted by molar-refractivity contribution is 0.103. The molecule has 0 unspecified atom stereocenters. The van der Waals surface area contributed by atoms with Gasteiger partial charge in [0, 0.05) is 12.6 Å². The average Bonchev–Trinajstić information content (AvgIpc) is 2.68. The molecule has 0 spiro atoms. The van der Waals surface area contributed by atoms with Crippen LogP contribution in [0.25, 0.3) is 6.08 Å². The molecule has 0 bridgehead atoms. The van der Waals surface area contributed by atoms with Gasteiger partial charge in [-0.2, -0.15) is 5.10 Å². The maximum atomic E-state index is 13.5. The van der Waals surface area contributed by atoms with Crippen molar-refractivity contribution in [3.05, 3.63) is 57.0 Å². The number of halogens is 3. The van der Waals surface area contributed by atoms with Crippen molar-refractivity contribution in [3.8, 4) is 0 Å². The first kappa shape index (κ1) is 14.0. The van der Waals surface area contributed by atoms with E-state index in [1.165, 1.54) is 35.2 Å². The molecular formula is C13H9BrClFN2O. The van der Waals surface area contributed by atoms with Crippen LogP contribution in [-0.4, -0.2) is 15.6 Å². The lowest BCUT2D eigenvalue weighted by atomic mass is 10.1. The van der Waals surface area contributed by atoms with E-state index in [1.807, 2.05) is 0 Å². The summed E-state index contributed by atoms with van der Waals surface area (Å²) in [6.45, 7) is 0. The Morgan fingerprint density at radius 3 is 2.84 bits per heavy atom.